The van der Waals surface area contributed by atoms with Gasteiger partial charge < -0.3 is 9.30 Å². The summed E-state index contributed by atoms with van der Waals surface area (Å²) in [5.41, 5.74) is 4.57. The van der Waals surface area contributed by atoms with Crippen molar-refractivity contribution in [2.45, 2.75) is 51.3 Å². The molecule has 1 saturated heterocycles. The van der Waals surface area contributed by atoms with E-state index in [0.29, 0.717) is 23.0 Å². The van der Waals surface area contributed by atoms with Crippen LogP contribution < -0.4 is 4.74 Å². The van der Waals surface area contributed by atoms with Gasteiger partial charge in [-0.05, 0) is 69.0 Å². The summed E-state index contributed by atoms with van der Waals surface area (Å²) < 4.78 is 8.36. The molecule has 174 valence electrons. The highest BCUT2D eigenvalue weighted by atomic mass is 35.5. The van der Waals surface area contributed by atoms with Crippen LogP contribution in [-0.2, 0) is 13.1 Å². The number of aromatic nitrogens is 4. The monoisotopic (exact) mass is 473 g/mol. The Hall–Kier alpha value is -2.96. The zero-order chi connectivity index (χ0) is 23.1. The maximum absolute atomic E-state index is 6.87. The van der Waals surface area contributed by atoms with Gasteiger partial charge in [0.05, 0.1) is 11.6 Å². The third kappa shape index (κ3) is 4.28. The maximum Gasteiger partial charge on any atom is 0.245 e. The number of rotatable bonds is 7. The molecule has 0 bridgehead atoms. The van der Waals surface area contributed by atoms with Gasteiger partial charge in [-0.25, -0.2) is 9.97 Å². The molecule has 1 aliphatic carbocycles. The second-order valence-corrected chi connectivity index (χ2v) is 10.1. The summed E-state index contributed by atoms with van der Waals surface area (Å²) in [6, 6.07) is 16.7. The zero-order valence-corrected chi connectivity index (χ0v) is 20.1. The Kier molecular flexibility index (Phi) is 5.50. The van der Waals surface area contributed by atoms with Crippen LogP contribution in [0, 0.1) is 0 Å². The van der Waals surface area contributed by atoms with Crippen molar-refractivity contribution in [3.63, 3.8) is 0 Å². The second-order valence-electron chi connectivity index (χ2n) is 9.71. The van der Waals surface area contributed by atoms with Gasteiger partial charge in [0.2, 0.25) is 5.88 Å². The molecule has 7 heteroatoms. The molecule has 6 nitrogen and oxygen atoms in total. The van der Waals surface area contributed by atoms with Crippen molar-refractivity contribution in [3.8, 4) is 17.3 Å². The molecule has 1 saturated carbocycles. The summed E-state index contributed by atoms with van der Waals surface area (Å²) in [5.74, 6) is 1.32. The zero-order valence-electron chi connectivity index (χ0n) is 19.4. The van der Waals surface area contributed by atoms with E-state index >= 15 is 0 Å². The topological polar surface area (TPSA) is 56.1 Å². The van der Waals surface area contributed by atoms with Gasteiger partial charge in [0.1, 0.15) is 17.8 Å². The van der Waals surface area contributed by atoms with E-state index in [2.05, 4.69) is 56.7 Å². The van der Waals surface area contributed by atoms with E-state index in [-0.39, 0.29) is 5.60 Å². The Morgan fingerprint density at radius 1 is 0.971 bits per heavy atom. The van der Waals surface area contributed by atoms with Crippen molar-refractivity contribution in [1.29, 1.82) is 0 Å². The molecule has 0 atom stereocenters. The number of halogens is 1. The highest BCUT2D eigenvalue weighted by molar-refractivity contribution is 6.33. The summed E-state index contributed by atoms with van der Waals surface area (Å²) in [7, 11) is 0. The Balaban J connectivity index is 1.43. The maximum atomic E-state index is 6.87. The van der Waals surface area contributed by atoms with Gasteiger partial charge in [-0.1, -0.05) is 48.0 Å². The fourth-order valence-electron chi connectivity index (χ4n) is 4.66. The van der Waals surface area contributed by atoms with Crippen LogP contribution in [0.5, 0.6) is 5.88 Å². The van der Waals surface area contributed by atoms with Crippen LogP contribution in [0.2, 0.25) is 5.02 Å². The van der Waals surface area contributed by atoms with Gasteiger partial charge in [0.25, 0.3) is 0 Å². The third-order valence-corrected chi connectivity index (χ3v) is 7.17. The molecule has 0 radical (unpaired) electrons. The average molecular weight is 474 g/mol. The van der Waals surface area contributed by atoms with Crippen LogP contribution in [0.4, 0.5) is 0 Å². The van der Waals surface area contributed by atoms with E-state index in [1.807, 2.05) is 18.2 Å². The fourth-order valence-corrected chi connectivity index (χ4v) is 4.95. The van der Waals surface area contributed by atoms with Gasteiger partial charge in [-0.2, -0.15) is 4.98 Å². The van der Waals surface area contributed by atoms with Crippen LogP contribution in [-0.4, -0.2) is 43.1 Å². The largest absolute Gasteiger partial charge is 0.470 e. The van der Waals surface area contributed by atoms with Crippen LogP contribution in [0.25, 0.3) is 22.6 Å². The van der Waals surface area contributed by atoms with E-state index < -0.39 is 0 Å². The fraction of sp³-hybridized carbons (Fsp3) is 0.370. The van der Waals surface area contributed by atoms with Crippen LogP contribution in [0.3, 0.4) is 0 Å². The Morgan fingerprint density at radius 2 is 1.76 bits per heavy atom. The Morgan fingerprint density at radius 3 is 2.50 bits per heavy atom. The number of hydrogen-bond acceptors (Lipinski definition) is 5. The van der Waals surface area contributed by atoms with E-state index in [9.17, 15) is 0 Å². The van der Waals surface area contributed by atoms with Crippen molar-refractivity contribution >= 4 is 22.8 Å². The molecule has 1 aliphatic heterocycles. The minimum atomic E-state index is -0.153. The first-order chi connectivity index (χ1) is 16.6. The average Bonchev–Trinajstić information content (AvgIpc) is 3.20. The first kappa shape index (κ1) is 21.6. The summed E-state index contributed by atoms with van der Waals surface area (Å²) in [5, 5.41) is 0.700. The normalized spacial score (nSPS) is 17.4. The molecule has 4 aromatic rings. The van der Waals surface area contributed by atoms with Crippen LogP contribution in [0.15, 0.2) is 54.9 Å². The standard InChI is InChI=1S/C27H28ClN5O/c1-27(11-12-27)34-26-23-25(29-18-30-26)33(17-19-7-3-2-4-8-19)24(31-23)21-10-9-20(15-22(21)28)16-32-13-5-6-14-32/h2-4,7-10,15,18H,5-6,11-14,16-17H2,1H3. The molecule has 0 N–H and O–H groups in total. The number of hydrogen-bond donors (Lipinski definition) is 0. The van der Waals surface area contributed by atoms with Crippen molar-refractivity contribution in [2.24, 2.45) is 0 Å². The lowest BCUT2D eigenvalue weighted by Gasteiger charge is -2.16. The minimum absolute atomic E-state index is 0.153. The molecule has 0 unspecified atom stereocenters. The Labute approximate surface area is 204 Å². The van der Waals surface area contributed by atoms with Crippen LogP contribution >= 0.6 is 11.6 Å². The molecule has 2 aromatic carbocycles. The predicted molar refractivity (Wildman–Crippen MR) is 134 cm³/mol. The number of likely N-dealkylation sites (tertiary alicyclic amines) is 1. The molecule has 2 fully saturated rings. The summed E-state index contributed by atoms with van der Waals surface area (Å²) >= 11 is 6.87. The number of fused-ring (bicyclic) bond motifs is 1. The molecule has 2 aliphatic rings. The predicted octanol–water partition coefficient (Wildman–Crippen LogP) is 5.72. The Bertz CT molecular complexity index is 1330. The highest BCUT2D eigenvalue weighted by Gasteiger charge is 2.41. The summed E-state index contributed by atoms with van der Waals surface area (Å²) in [6.45, 7) is 5.99. The molecule has 0 amide bonds. The van der Waals surface area contributed by atoms with Gasteiger partial charge >= 0.3 is 0 Å². The van der Waals surface area contributed by atoms with Crippen molar-refractivity contribution in [1.82, 2.24) is 24.4 Å². The van der Waals surface area contributed by atoms with E-state index in [4.69, 9.17) is 21.3 Å². The third-order valence-electron chi connectivity index (χ3n) is 6.86. The van der Waals surface area contributed by atoms with Gasteiger partial charge in [0, 0.05) is 12.1 Å². The van der Waals surface area contributed by atoms with E-state index in [1.165, 1.54) is 24.0 Å². The van der Waals surface area contributed by atoms with Crippen molar-refractivity contribution in [3.05, 3.63) is 71.0 Å². The van der Waals surface area contributed by atoms with Gasteiger partial charge in [-0.3, -0.25) is 4.90 Å². The molecular weight excluding hydrogens is 446 g/mol. The van der Waals surface area contributed by atoms with Gasteiger partial charge in [-0.15, -0.1) is 0 Å². The minimum Gasteiger partial charge on any atom is -0.470 e. The van der Waals surface area contributed by atoms with Crippen molar-refractivity contribution < 1.29 is 4.74 Å². The molecule has 34 heavy (non-hydrogen) atoms. The second kappa shape index (κ2) is 8.67. The van der Waals surface area contributed by atoms with E-state index in [1.54, 1.807) is 6.33 Å². The lowest BCUT2D eigenvalue weighted by atomic mass is 10.1. The molecule has 0 spiro atoms. The number of nitrogens with zero attached hydrogens (tertiary/aromatic N) is 5. The highest BCUT2D eigenvalue weighted by Crippen LogP contribution is 2.41. The molecule has 6 rings (SSSR count). The van der Waals surface area contributed by atoms with Crippen LogP contribution in [0.1, 0.15) is 43.7 Å². The van der Waals surface area contributed by atoms with Crippen molar-refractivity contribution in [2.75, 3.05) is 13.1 Å². The first-order valence-corrected chi connectivity index (χ1v) is 12.4. The molecular formula is C27H28ClN5O. The molecule has 2 aromatic heterocycles. The first-order valence-electron chi connectivity index (χ1n) is 12.0. The lowest BCUT2D eigenvalue weighted by molar-refractivity contribution is 0.194. The van der Waals surface area contributed by atoms with Gasteiger partial charge in [0.15, 0.2) is 11.2 Å². The summed E-state index contributed by atoms with van der Waals surface area (Å²) in [6.07, 6.45) is 6.18. The number of imidazole rings is 1. The summed E-state index contributed by atoms with van der Waals surface area (Å²) in [4.78, 5) is 16.5. The lowest BCUT2D eigenvalue weighted by Crippen LogP contribution is -2.18. The quantitative estimate of drug-likeness (QED) is 0.343. The molecule has 3 heterocycles. The smallest absolute Gasteiger partial charge is 0.245 e. The van der Waals surface area contributed by atoms with E-state index in [0.717, 1.165) is 49.5 Å². The number of ether oxygens (including phenoxy) is 1. The SMILES string of the molecule is CC1(Oc2ncnc3c2nc(-c2ccc(CN4CCCC4)cc2Cl)n3Cc2ccccc2)CC1. The number of benzene rings is 2.